The topological polar surface area (TPSA) is 56.3 Å². The van der Waals surface area contributed by atoms with Crippen LogP contribution in [0.1, 0.15) is 17.0 Å². The number of methoxy groups -OCH3 is 1. The fraction of sp³-hybridized carbons (Fsp3) is 0.375. The lowest BCUT2D eigenvalue weighted by molar-refractivity contribution is 0.143. The average molecular weight is 287 g/mol. The van der Waals surface area contributed by atoms with Crippen LogP contribution in [0.15, 0.2) is 30.3 Å². The molecule has 0 bridgehead atoms. The van der Waals surface area contributed by atoms with Crippen LogP contribution in [0.25, 0.3) is 0 Å². The van der Waals surface area contributed by atoms with E-state index < -0.39 is 0 Å². The number of rotatable bonds is 7. The molecule has 0 aliphatic rings. The van der Waals surface area contributed by atoms with Crippen LogP contribution in [0.3, 0.4) is 0 Å². The smallest absolute Gasteiger partial charge is 0.218 e. The average Bonchev–Trinajstić information content (AvgIpc) is 2.46. The summed E-state index contributed by atoms with van der Waals surface area (Å²) in [6.45, 7) is 5.66. The molecule has 1 heterocycles. The van der Waals surface area contributed by atoms with Gasteiger partial charge in [-0.15, -0.1) is 0 Å². The molecule has 0 aliphatic carbocycles. The number of aryl methyl sites for hydroxylation is 2. The van der Waals surface area contributed by atoms with Crippen LogP contribution in [0.4, 0.5) is 5.82 Å². The van der Waals surface area contributed by atoms with Crippen LogP contribution in [0.5, 0.6) is 5.88 Å². The first kappa shape index (κ1) is 15.3. The molecule has 0 amide bonds. The second-order valence-electron chi connectivity index (χ2n) is 4.82. The van der Waals surface area contributed by atoms with Gasteiger partial charge in [0.1, 0.15) is 18.2 Å². The Morgan fingerprint density at radius 3 is 2.52 bits per heavy atom. The number of anilines is 1. The third-order valence-corrected chi connectivity index (χ3v) is 2.95. The molecule has 0 atom stereocenters. The summed E-state index contributed by atoms with van der Waals surface area (Å²) in [6.07, 6.45) is 0. The Morgan fingerprint density at radius 1 is 1.05 bits per heavy atom. The van der Waals surface area contributed by atoms with Crippen molar-refractivity contribution < 1.29 is 9.47 Å². The van der Waals surface area contributed by atoms with Crippen LogP contribution >= 0.6 is 0 Å². The van der Waals surface area contributed by atoms with E-state index in [1.165, 1.54) is 11.1 Å². The first-order valence-electron chi connectivity index (χ1n) is 6.94. The van der Waals surface area contributed by atoms with Gasteiger partial charge in [-0.2, -0.15) is 4.98 Å². The number of benzene rings is 1. The van der Waals surface area contributed by atoms with Gasteiger partial charge in [0.25, 0.3) is 0 Å². The normalized spacial score (nSPS) is 10.4. The third-order valence-electron chi connectivity index (χ3n) is 2.95. The molecule has 0 saturated carbocycles. The monoisotopic (exact) mass is 287 g/mol. The van der Waals surface area contributed by atoms with Crippen LogP contribution in [-0.2, 0) is 11.3 Å². The van der Waals surface area contributed by atoms with Crippen LogP contribution < -0.4 is 10.1 Å². The summed E-state index contributed by atoms with van der Waals surface area (Å²) in [5.41, 5.74) is 2.46. The van der Waals surface area contributed by atoms with Crippen molar-refractivity contribution in [3.8, 4) is 5.88 Å². The largest absolute Gasteiger partial charge is 0.475 e. The SMILES string of the molecule is COCCOc1cc(NCc2ccc(C)cc2)nc(C)n1. The van der Waals surface area contributed by atoms with Gasteiger partial charge >= 0.3 is 0 Å². The van der Waals surface area contributed by atoms with Crippen LogP contribution in [0.2, 0.25) is 0 Å². The molecule has 0 aliphatic heterocycles. The van der Waals surface area contributed by atoms with Crippen molar-refractivity contribution in [2.24, 2.45) is 0 Å². The van der Waals surface area contributed by atoms with E-state index in [0.29, 0.717) is 31.5 Å². The fourth-order valence-corrected chi connectivity index (χ4v) is 1.83. The Kier molecular flexibility index (Phi) is 5.51. The molecule has 5 heteroatoms. The molecule has 0 fully saturated rings. The zero-order chi connectivity index (χ0) is 15.1. The Labute approximate surface area is 125 Å². The molecule has 112 valence electrons. The summed E-state index contributed by atoms with van der Waals surface area (Å²) in [5, 5.41) is 3.29. The van der Waals surface area contributed by atoms with Crippen molar-refractivity contribution >= 4 is 5.82 Å². The number of ether oxygens (including phenoxy) is 2. The first-order chi connectivity index (χ1) is 10.2. The number of hydrogen-bond acceptors (Lipinski definition) is 5. The minimum absolute atomic E-state index is 0.477. The van der Waals surface area contributed by atoms with E-state index in [2.05, 4.69) is 46.5 Å². The summed E-state index contributed by atoms with van der Waals surface area (Å²) in [5.74, 6) is 2.00. The van der Waals surface area contributed by atoms with Gasteiger partial charge in [0.15, 0.2) is 0 Å². The van der Waals surface area contributed by atoms with Gasteiger partial charge in [0.05, 0.1) is 6.61 Å². The maximum Gasteiger partial charge on any atom is 0.218 e. The number of aromatic nitrogens is 2. The van der Waals surface area contributed by atoms with Gasteiger partial charge in [-0.25, -0.2) is 4.98 Å². The highest BCUT2D eigenvalue weighted by molar-refractivity contribution is 5.39. The lowest BCUT2D eigenvalue weighted by atomic mass is 10.1. The highest BCUT2D eigenvalue weighted by Crippen LogP contribution is 2.14. The van der Waals surface area contributed by atoms with Crippen molar-refractivity contribution in [1.82, 2.24) is 9.97 Å². The summed E-state index contributed by atoms with van der Waals surface area (Å²) >= 11 is 0. The van der Waals surface area contributed by atoms with E-state index in [0.717, 1.165) is 5.82 Å². The highest BCUT2D eigenvalue weighted by Gasteiger charge is 2.03. The van der Waals surface area contributed by atoms with Gasteiger partial charge in [-0.1, -0.05) is 29.8 Å². The lowest BCUT2D eigenvalue weighted by Gasteiger charge is -2.10. The number of nitrogens with one attached hydrogen (secondary N) is 1. The van der Waals surface area contributed by atoms with Crippen molar-refractivity contribution in [2.45, 2.75) is 20.4 Å². The minimum atomic E-state index is 0.477. The lowest BCUT2D eigenvalue weighted by Crippen LogP contribution is -2.08. The van der Waals surface area contributed by atoms with Gasteiger partial charge in [-0.3, -0.25) is 0 Å². The number of nitrogens with zero attached hydrogens (tertiary/aromatic N) is 2. The Hall–Kier alpha value is -2.14. The van der Waals surface area contributed by atoms with E-state index in [9.17, 15) is 0 Å². The quantitative estimate of drug-likeness (QED) is 0.794. The standard InChI is InChI=1S/C16H21N3O2/c1-12-4-6-14(7-5-12)11-17-15-10-16(19-13(2)18-15)21-9-8-20-3/h4-7,10H,8-9,11H2,1-3H3,(H,17,18,19). The second kappa shape index (κ2) is 7.59. The Morgan fingerprint density at radius 2 is 1.81 bits per heavy atom. The third kappa shape index (κ3) is 5.04. The Bertz CT molecular complexity index is 570. The van der Waals surface area contributed by atoms with E-state index in [-0.39, 0.29) is 0 Å². The predicted molar refractivity (Wildman–Crippen MR) is 82.6 cm³/mol. The molecule has 2 aromatic rings. The molecule has 0 spiro atoms. The molecule has 0 saturated heterocycles. The summed E-state index contributed by atoms with van der Waals surface area (Å²) in [6, 6.07) is 10.2. The van der Waals surface area contributed by atoms with Crippen molar-refractivity contribution in [2.75, 3.05) is 25.6 Å². The zero-order valence-corrected chi connectivity index (χ0v) is 12.7. The van der Waals surface area contributed by atoms with E-state index in [1.54, 1.807) is 13.2 Å². The van der Waals surface area contributed by atoms with Crippen molar-refractivity contribution in [3.63, 3.8) is 0 Å². The summed E-state index contributed by atoms with van der Waals surface area (Å²) in [4.78, 5) is 8.60. The Balaban J connectivity index is 1.97. The zero-order valence-electron chi connectivity index (χ0n) is 12.7. The molecule has 5 nitrogen and oxygen atoms in total. The fourth-order valence-electron chi connectivity index (χ4n) is 1.83. The maximum absolute atomic E-state index is 5.52. The predicted octanol–water partition coefficient (Wildman–Crippen LogP) is 2.73. The molecule has 0 radical (unpaired) electrons. The van der Waals surface area contributed by atoms with Gasteiger partial charge in [-0.05, 0) is 19.4 Å². The van der Waals surface area contributed by atoms with Gasteiger partial charge < -0.3 is 14.8 Å². The second-order valence-corrected chi connectivity index (χ2v) is 4.82. The first-order valence-corrected chi connectivity index (χ1v) is 6.94. The highest BCUT2D eigenvalue weighted by atomic mass is 16.5. The molecule has 1 N–H and O–H groups in total. The minimum Gasteiger partial charge on any atom is -0.475 e. The van der Waals surface area contributed by atoms with E-state index in [4.69, 9.17) is 9.47 Å². The summed E-state index contributed by atoms with van der Waals surface area (Å²) in [7, 11) is 1.64. The van der Waals surface area contributed by atoms with Crippen molar-refractivity contribution in [3.05, 3.63) is 47.3 Å². The molecule has 0 unspecified atom stereocenters. The summed E-state index contributed by atoms with van der Waals surface area (Å²) < 4.78 is 10.5. The number of hydrogen-bond donors (Lipinski definition) is 1. The van der Waals surface area contributed by atoms with E-state index >= 15 is 0 Å². The molecule has 1 aromatic carbocycles. The molecule has 21 heavy (non-hydrogen) atoms. The molecular formula is C16H21N3O2. The molecule has 2 rings (SSSR count). The van der Waals surface area contributed by atoms with E-state index in [1.807, 2.05) is 6.92 Å². The van der Waals surface area contributed by atoms with Gasteiger partial charge in [0, 0.05) is 19.7 Å². The van der Waals surface area contributed by atoms with Crippen molar-refractivity contribution in [1.29, 1.82) is 0 Å². The van der Waals surface area contributed by atoms with Gasteiger partial charge in [0.2, 0.25) is 5.88 Å². The van der Waals surface area contributed by atoms with Crippen LogP contribution in [-0.4, -0.2) is 30.3 Å². The molecular weight excluding hydrogens is 266 g/mol. The molecule has 1 aromatic heterocycles. The van der Waals surface area contributed by atoms with Crippen LogP contribution in [0, 0.1) is 13.8 Å². The maximum atomic E-state index is 5.52.